The van der Waals surface area contributed by atoms with Crippen LogP contribution in [-0.2, 0) is 0 Å². The van der Waals surface area contributed by atoms with Crippen molar-refractivity contribution >= 4 is 20.5 Å². The molecule has 0 aliphatic carbocycles. The molecular weight excluding hydrogens is 88.9 g/mol. The fourth-order valence-electron chi connectivity index (χ4n) is 0. The van der Waals surface area contributed by atoms with Crippen molar-refractivity contribution in [2.75, 3.05) is 0 Å². The molecule has 0 radical (unpaired) electrons. The summed E-state index contributed by atoms with van der Waals surface area (Å²) in [5.74, 6) is 0. The third-order valence-corrected chi connectivity index (χ3v) is 0. The Balaban J connectivity index is 0. The maximum atomic E-state index is 7.12. The van der Waals surface area contributed by atoms with Gasteiger partial charge in [0.25, 0.3) is 0 Å². The van der Waals surface area contributed by atoms with Crippen LogP contribution in [0.3, 0.4) is 0 Å². The van der Waals surface area contributed by atoms with E-state index < -0.39 is 7.69 Å². The van der Waals surface area contributed by atoms with E-state index in [2.05, 4.69) is 18.0 Å². The van der Waals surface area contributed by atoms with Crippen molar-refractivity contribution in [3.8, 4) is 0 Å². The van der Waals surface area contributed by atoms with E-state index in [0.29, 0.717) is 0 Å². The monoisotopic (exact) mass is 95.0 g/mol. The van der Waals surface area contributed by atoms with Gasteiger partial charge in [0.1, 0.15) is 0 Å². The number of thiol groups is 1. The average molecular weight is 94.9 g/mol. The van der Waals surface area contributed by atoms with Gasteiger partial charge >= 0.3 is 7.69 Å². The Labute approximate surface area is 36.7 Å². The molecule has 0 aromatic rings. The third-order valence-electron chi connectivity index (χ3n) is 0. The van der Waals surface area contributed by atoms with Crippen LogP contribution in [0.15, 0.2) is 0 Å². The van der Waals surface area contributed by atoms with Gasteiger partial charge in [0, 0.05) is 0 Å². The third kappa shape index (κ3) is 260. The maximum Gasteiger partial charge on any atom is 0.432 e. The molecule has 0 saturated heterocycles. The first kappa shape index (κ1) is 9.00. The van der Waals surface area contributed by atoms with Crippen molar-refractivity contribution in [1.29, 1.82) is 0 Å². The molecule has 0 aliphatic rings. The number of hydrogen-bond donors (Lipinski definition) is 4. The second kappa shape index (κ2) is 27.8. The van der Waals surface area contributed by atoms with Gasteiger partial charge in [-0.25, -0.2) is 0 Å². The molecule has 5 heteroatoms. The van der Waals surface area contributed by atoms with E-state index in [1.165, 1.54) is 0 Å². The Hall–Kier alpha value is 0.295. The summed E-state index contributed by atoms with van der Waals surface area (Å²) in [5, 5.41) is 18.4. The van der Waals surface area contributed by atoms with Crippen LogP contribution in [0.25, 0.3) is 0 Å². The van der Waals surface area contributed by atoms with Crippen molar-refractivity contribution in [3.63, 3.8) is 0 Å². The molecule has 5 heavy (non-hydrogen) atoms. The molecule has 0 unspecified atom stereocenters. The topological polar surface area (TPSA) is 66.5 Å². The van der Waals surface area contributed by atoms with Crippen LogP contribution in [0.5, 0.6) is 0 Å². The summed E-state index contributed by atoms with van der Waals surface area (Å²) < 4.78 is 0. The first-order valence-electron chi connectivity index (χ1n) is 0.891. The van der Waals surface area contributed by atoms with Crippen molar-refractivity contribution in [1.82, 2.24) is 0 Å². The Bertz CT molecular complexity index is 9.61. The molecule has 0 heterocycles. The van der Waals surface area contributed by atoms with E-state index >= 15 is 0 Å². The minimum atomic E-state index is -0.750. The molecule has 32 valence electrons. The number of nitrogens with two attached hydrogens (primary N) is 1. The van der Waals surface area contributed by atoms with Crippen molar-refractivity contribution in [2.45, 2.75) is 0 Å². The molecule has 0 spiro atoms. The zero-order valence-corrected chi connectivity index (χ0v) is 3.52. The zero-order chi connectivity index (χ0) is 4.71. The van der Waals surface area contributed by atoms with Crippen LogP contribution in [0.2, 0.25) is 0 Å². The van der Waals surface area contributed by atoms with Gasteiger partial charge in [0.05, 0.1) is 0 Å². The predicted octanol–water partition coefficient (Wildman–Crippen LogP) is -1.97. The molecule has 0 fully saturated rings. The van der Waals surface area contributed by atoms with Gasteiger partial charge in [-0.3, -0.25) is 5.14 Å². The van der Waals surface area contributed by atoms with E-state index in [1.54, 1.807) is 0 Å². The number of hydrogen-bond acceptors (Lipinski definition) is 4. The minimum Gasteiger partial charge on any atom is -0.430 e. The van der Waals surface area contributed by atoms with Gasteiger partial charge in [-0.05, 0) is 0 Å². The fourth-order valence-corrected chi connectivity index (χ4v) is 0. The van der Waals surface area contributed by atoms with Crippen LogP contribution in [0, 0.1) is 0 Å². The van der Waals surface area contributed by atoms with Gasteiger partial charge in [0.2, 0.25) is 0 Å². The van der Waals surface area contributed by atoms with Crippen LogP contribution in [0.1, 0.15) is 0 Å². The van der Waals surface area contributed by atoms with E-state index in [0.717, 1.165) is 0 Å². The summed E-state index contributed by atoms with van der Waals surface area (Å²) in [6, 6.07) is 0. The van der Waals surface area contributed by atoms with E-state index in [9.17, 15) is 0 Å². The summed E-state index contributed by atoms with van der Waals surface area (Å²) >= 11 is 3.03. The van der Waals surface area contributed by atoms with Crippen molar-refractivity contribution < 1.29 is 10.0 Å². The minimum absolute atomic E-state index is 0.750. The molecule has 4 N–H and O–H groups in total. The van der Waals surface area contributed by atoms with E-state index in [4.69, 9.17) is 10.0 Å². The summed E-state index contributed by atoms with van der Waals surface area (Å²) in [6.45, 7) is 0. The summed E-state index contributed by atoms with van der Waals surface area (Å²) in [7, 11) is -0.750. The molecular formula is H6BNO2S. The summed E-state index contributed by atoms with van der Waals surface area (Å²) in [6.07, 6.45) is 0. The second-order valence-corrected chi connectivity index (χ2v) is 0.141. The van der Waals surface area contributed by atoms with Crippen LogP contribution < -0.4 is 5.14 Å². The summed E-state index contributed by atoms with van der Waals surface area (Å²) in [4.78, 5) is 0. The predicted molar refractivity (Wildman–Crippen MR) is 24.8 cm³/mol. The van der Waals surface area contributed by atoms with Gasteiger partial charge in [-0.15, -0.1) is 12.8 Å². The maximum absolute atomic E-state index is 7.12. The van der Waals surface area contributed by atoms with Crippen LogP contribution in [-0.4, -0.2) is 17.7 Å². The lowest BCUT2D eigenvalue weighted by atomic mass is 10.5. The molecule has 0 rings (SSSR count). The lowest BCUT2D eigenvalue weighted by Crippen LogP contribution is -1.75. The van der Waals surface area contributed by atoms with Crippen LogP contribution in [0.4, 0.5) is 0 Å². The first-order valence-corrected chi connectivity index (χ1v) is 1.41. The molecule has 0 atom stereocenters. The fraction of sp³-hybridized carbons (Fsp3) is 0. The molecule has 0 aliphatic heterocycles. The van der Waals surface area contributed by atoms with Crippen molar-refractivity contribution in [3.05, 3.63) is 0 Å². The smallest absolute Gasteiger partial charge is 0.430 e. The second-order valence-electron chi connectivity index (χ2n) is 0.141. The Morgan fingerprint density at radius 2 is 1.40 bits per heavy atom. The van der Waals surface area contributed by atoms with Crippen molar-refractivity contribution in [2.24, 2.45) is 5.14 Å². The Morgan fingerprint density at radius 1 is 1.40 bits per heavy atom. The largest absolute Gasteiger partial charge is 0.432 e. The number of rotatable bonds is 0. The molecule has 3 nitrogen and oxygen atoms in total. The SMILES string of the molecule is NS.OBO. The summed E-state index contributed by atoms with van der Waals surface area (Å²) in [5.41, 5.74) is 0. The lowest BCUT2D eigenvalue weighted by molar-refractivity contribution is 0.448. The molecule has 0 amide bonds. The van der Waals surface area contributed by atoms with E-state index in [1.807, 2.05) is 0 Å². The highest BCUT2D eigenvalue weighted by atomic mass is 32.1. The first-order chi connectivity index (χ1) is 2.41. The molecule has 0 bridgehead atoms. The van der Waals surface area contributed by atoms with E-state index in [-0.39, 0.29) is 0 Å². The molecule has 0 aromatic carbocycles. The van der Waals surface area contributed by atoms with Gasteiger partial charge < -0.3 is 10.0 Å². The zero-order valence-electron chi connectivity index (χ0n) is 2.63. The highest BCUT2D eigenvalue weighted by Crippen LogP contribution is 1.12. The Morgan fingerprint density at radius 3 is 1.40 bits per heavy atom. The highest BCUT2D eigenvalue weighted by molar-refractivity contribution is 7.77. The van der Waals surface area contributed by atoms with Crippen LogP contribution >= 0.6 is 12.8 Å². The van der Waals surface area contributed by atoms with Gasteiger partial charge in [-0.2, -0.15) is 0 Å². The molecule has 0 saturated carbocycles. The normalized spacial score (nSPS) is 4.00. The van der Waals surface area contributed by atoms with Gasteiger partial charge in [0.15, 0.2) is 0 Å². The average Bonchev–Trinajstić information content (AvgIpc) is 1.46. The quantitative estimate of drug-likeness (QED) is 0.208. The molecule has 0 aromatic heterocycles. The Kier molecular flexibility index (Phi) is 50.0. The van der Waals surface area contributed by atoms with Gasteiger partial charge in [-0.1, -0.05) is 0 Å². The lowest BCUT2D eigenvalue weighted by Gasteiger charge is -1.48. The highest BCUT2D eigenvalue weighted by Gasteiger charge is 1.48. The standard InChI is InChI=1S/BH3O2.H3NS/c2-1-3;1-2/h1-3H;2H,1H2.